The molecule has 0 radical (unpaired) electrons. The van der Waals surface area contributed by atoms with Gasteiger partial charge < -0.3 is 9.42 Å². The van der Waals surface area contributed by atoms with Gasteiger partial charge in [-0.05, 0) is 36.8 Å². The van der Waals surface area contributed by atoms with Gasteiger partial charge in [0.2, 0.25) is 5.89 Å². The van der Waals surface area contributed by atoms with Gasteiger partial charge in [0.25, 0.3) is 5.91 Å². The summed E-state index contributed by atoms with van der Waals surface area (Å²) >= 11 is 1.51. The van der Waals surface area contributed by atoms with Crippen molar-refractivity contribution in [3.8, 4) is 0 Å². The van der Waals surface area contributed by atoms with E-state index in [1.807, 2.05) is 23.3 Å². The molecule has 1 saturated heterocycles. The molecule has 6 heteroatoms. The molecule has 0 unspecified atom stereocenters. The van der Waals surface area contributed by atoms with Crippen molar-refractivity contribution in [1.29, 1.82) is 0 Å². The second kappa shape index (κ2) is 5.36. The Morgan fingerprint density at radius 3 is 3.00 bits per heavy atom. The molecule has 0 aliphatic carbocycles. The number of hydrogen-bond donors (Lipinski definition) is 0. The molecule has 1 aliphatic heterocycles. The van der Waals surface area contributed by atoms with Crippen molar-refractivity contribution >= 4 is 17.2 Å². The molecule has 5 nitrogen and oxygen atoms in total. The van der Waals surface area contributed by atoms with E-state index in [4.69, 9.17) is 4.52 Å². The molecule has 1 amide bonds. The minimum atomic E-state index is 0.127. The summed E-state index contributed by atoms with van der Waals surface area (Å²) in [4.78, 5) is 19.6. The molecule has 106 valence electrons. The summed E-state index contributed by atoms with van der Waals surface area (Å²) < 4.78 is 5.04. The van der Waals surface area contributed by atoms with Crippen molar-refractivity contribution < 1.29 is 9.32 Å². The Kier molecular flexibility index (Phi) is 3.56. The number of piperidine rings is 1. The number of likely N-dealkylation sites (tertiary alicyclic amines) is 1. The lowest BCUT2D eigenvalue weighted by atomic mass is 9.97. The highest BCUT2D eigenvalue weighted by atomic mass is 32.1. The summed E-state index contributed by atoms with van der Waals surface area (Å²) in [6, 6.07) is 1.99. The Labute approximate surface area is 121 Å². The highest BCUT2D eigenvalue weighted by Crippen LogP contribution is 2.27. The largest absolute Gasteiger partial charge is 0.340 e. The summed E-state index contributed by atoms with van der Waals surface area (Å²) in [7, 11) is 0. The summed E-state index contributed by atoms with van der Waals surface area (Å²) in [6.45, 7) is 5.25. The number of carbonyl (C=O) groups excluding carboxylic acids is 1. The van der Waals surface area contributed by atoms with Gasteiger partial charge in [0, 0.05) is 25.9 Å². The van der Waals surface area contributed by atoms with Crippen LogP contribution in [0.2, 0.25) is 0 Å². The molecule has 3 heterocycles. The van der Waals surface area contributed by atoms with Crippen LogP contribution in [-0.4, -0.2) is 34.0 Å². The van der Waals surface area contributed by atoms with E-state index in [0.29, 0.717) is 12.4 Å². The average Bonchev–Trinajstić information content (AvgIpc) is 3.07. The van der Waals surface area contributed by atoms with E-state index in [1.54, 1.807) is 6.92 Å². The van der Waals surface area contributed by atoms with Crippen LogP contribution in [0.5, 0.6) is 0 Å². The lowest BCUT2D eigenvalue weighted by Gasteiger charge is -2.31. The first kappa shape index (κ1) is 13.3. The van der Waals surface area contributed by atoms with Gasteiger partial charge in [-0.25, -0.2) is 0 Å². The Morgan fingerprint density at radius 1 is 1.50 bits per heavy atom. The van der Waals surface area contributed by atoms with Gasteiger partial charge in [-0.15, -0.1) is 11.3 Å². The Hall–Kier alpha value is -1.69. The zero-order chi connectivity index (χ0) is 14.1. The number of aromatic nitrogens is 2. The summed E-state index contributed by atoms with van der Waals surface area (Å²) in [6.07, 6.45) is 1.99. The van der Waals surface area contributed by atoms with Crippen LogP contribution in [-0.2, 0) is 0 Å². The smallest absolute Gasteiger partial charge is 0.264 e. The molecule has 1 aliphatic rings. The van der Waals surface area contributed by atoms with E-state index < -0.39 is 0 Å². The molecule has 0 saturated carbocycles. The standard InChI is InChI=1S/C14H17N3O2S/c1-9-5-7-20-12(9)14(18)17-6-3-4-11(8-17)13-15-10(2)19-16-13/h5,7,11H,3-4,6,8H2,1-2H3/t11-/m1/s1. The third kappa shape index (κ3) is 2.47. The second-order valence-corrected chi connectivity index (χ2v) is 6.11. The molecule has 1 atom stereocenters. The SMILES string of the molecule is Cc1nc([C@@H]2CCCN(C(=O)c3sccc3C)C2)no1. The fourth-order valence-electron chi connectivity index (χ4n) is 2.59. The molecule has 20 heavy (non-hydrogen) atoms. The molecule has 3 rings (SSSR count). The van der Waals surface area contributed by atoms with Crippen molar-refractivity contribution in [2.75, 3.05) is 13.1 Å². The van der Waals surface area contributed by atoms with Crippen LogP contribution < -0.4 is 0 Å². The Balaban J connectivity index is 1.75. The van der Waals surface area contributed by atoms with Crippen LogP contribution in [0, 0.1) is 13.8 Å². The summed E-state index contributed by atoms with van der Waals surface area (Å²) in [5.41, 5.74) is 1.05. The zero-order valence-electron chi connectivity index (χ0n) is 11.6. The average molecular weight is 291 g/mol. The number of aryl methyl sites for hydroxylation is 2. The zero-order valence-corrected chi connectivity index (χ0v) is 12.4. The lowest BCUT2D eigenvalue weighted by Crippen LogP contribution is -2.39. The first-order valence-corrected chi connectivity index (χ1v) is 7.66. The van der Waals surface area contributed by atoms with Gasteiger partial charge in [0.15, 0.2) is 5.82 Å². The topological polar surface area (TPSA) is 59.2 Å². The van der Waals surface area contributed by atoms with Crippen LogP contribution in [0.1, 0.15) is 45.7 Å². The molecule has 0 bridgehead atoms. The van der Waals surface area contributed by atoms with Crippen molar-refractivity contribution in [2.45, 2.75) is 32.6 Å². The minimum absolute atomic E-state index is 0.127. The molecular weight excluding hydrogens is 274 g/mol. The van der Waals surface area contributed by atoms with Crippen molar-refractivity contribution in [1.82, 2.24) is 15.0 Å². The minimum Gasteiger partial charge on any atom is -0.340 e. The van der Waals surface area contributed by atoms with Crippen LogP contribution in [0.3, 0.4) is 0 Å². The van der Waals surface area contributed by atoms with Crippen molar-refractivity contribution in [2.24, 2.45) is 0 Å². The van der Waals surface area contributed by atoms with Gasteiger partial charge in [-0.2, -0.15) is 4.98 Å². The first-order valence-electron chi connectivity index (χ1n) is 6.78. The predicted molar refractivity (Wildman–Crippen MR) is 76.0 cm³/mol. The maximum Gasteiger partial charge on any atom is 0.264 e. The van der Waals surface area contributed by atoms with Crippen molar-refractivity contribution in [3.05, 3.63) is 33.6 Å². The highest BCUT2D eigenvalue weighted by molar-refractivity contribution is 7.12. The quantitative estimate of drug-likeness (QED) is 0.853. The van der Waals surface area contributed by atoms with E-state index in [0.717, 1.165) is 35.7 Å². The fraction of sp³-hybridized carbons (Fsp3) is 0.500. The normalized spacial score (nSPS) is 19.3. The molecule has 0 aromatic carbocycles. The number of hydrogen-bond acceptors (Lipinski definition) is 5. The molecule has 0 spiro atoms. The monoisotopic (exact) mass is 291 g/mol. The van der Waals surface area contributed by atoms with Gasteiger partial charge in [-0.3, -0.25) is 4.79 Å². The number of rotatable bonds is 2. The number of nitrogens with zero attached hydrogens (tertiary/aromatic N) is 3. The lowest BCUT2D eigenvalue weighted by molar-refractivity contribution is 0.0708. The van der Waals surface area contributed by atoms with E-state index in [9.17, 15) is 4.79 Å². The van der Waals surface area contributed by atoms with Crippen LogP contribution in [0.4, 0.5) is 0 Å². The van der Waals surface area contributed by atoms with E-state index in [1.165, 1.54) is 11.3 Å². The first-order chi connectivity index (χ1) is 9.65. The Bertz CT molecular complexity index is 619. The molecule has 2 aromatic rings. The third-order valence-corrected chi connectivity index (χ3v) is 4.68. The second-order valence-electron chi connectivity index (χ2n) is 5.19. The van der Waals surface area contributed by atoms with Crippen LogP contribution in [0.25, 0.3) is 0 Å². The maximum absolute atomic E-state index is 12.5. The Morgan fingerprint density at radius 2 is 2.35 bits per heavy atom. The molecule has 1 fully saturated rings. The number of carbonyl (C=O) groups is 1. The maximum atomic E-state index is 12.5. The van der Waals surface area contributed by atoms with Gasteiger partial charge >= 0.3 is 0 Å². The molecule has 2 aromatic heterocycles. The summed E-state index contributed by atoms with van der Waals surface area (Å²) in [5.74, 6) is 1.62. The van der Waals surface area contributed by atoms with Gasteiger partial charge in [-0.1, -0.05) is 5.16 Å². The van der Waals surface area contributed by atoms with E-state index in [2.05, 4.69) is 10.1 Å². The third-order valence-electron chi connectivity index (χ3n) is 3.67. The van der Waals surface area contributed by atoms with Gasteiger partial charge in [0.1, 0.15) is 0 Å². The predicted octanol–water partition coefficient (Wildman–Crippen LogP) is 2.77. The van der Waals surface area contributed by atoms with Crippen LogP contribution in [0.15, 0.2) is 16.0 Å². The van der Waals surface area contributed by atoms with E-state index in [-0.39, 0.29) is 11.8 Å². The van der Waals surface area contributed by atoms with E-state index >= 15 is 0 Å². The molecule has 0 N–H and O–H groups in total. The van der Waals surface area contributed by atoms with Gasteiger partial charge in [0.05, 0.1) is 4.88 Å². The van der Waals surface area contributed by atoms with Crippen molar-refractivity contribution in [3.63, 3.8) is 0 Å². The van der Waals surface area contributed by atoms with Crippen LogP contribution >= 0.6 is 11.3 Å². The summed E-state index contributed by atoms with van der Waals surface area (Å²) in [5, 5.41) is 5.96. The molecular formula is C14H17N3O2S. The number of amides is 1. The fourth-order valence-corrected chi connectivity index (χ4v) is 3.48. The highest BCUT2D eigenvalue weighted by Gasteiger charge is 2.29. The number of thiophene rings is 1.